The zero-order valence-electron chi connectivity index (χ0n) is 9.88. The number of rotatable bonds is 3. The van der Waals surface area contributed by atoms with E-state index in [0.717, 1.165) is 16.8 Å². The number of aliphatic hydroxyl groups excluding tert-OH is 1. The quantitative estimate of drug-likeness (QED) is 0.791. The van der Waals surface area contributed by atoms with Crippen molar-refractivity contribution in [2.24, 2.45) is 0 Å². The first-order valence-electron chi connectivity index (χ1n) is 5.77. The number of para-hydroxylation sites is 1. The average Bonchev–Trinajstić information content (AvgIpc) is 2.39. The Hall–Kier alpha value is -1.80. The van der Waals surface area contributed by atoms with Crippen LogP contribution in [0, 0.1) is 0 Å². The fourth-order valence-corrected chi connectivity index (χ4v) is 2.03. The van der Waals surface area contributed by atoms with E-state index in [4.69, 9.17) is 5.73 Å². The minimum absolute atomic E-state index is 0.0152. The molecule has 0 bridgehead atoms. The highest BCUT2D eigenvalue weighted by atomic mass is 16.3. The van der Waals surface area contributed by atoms with Crippen LogP contribution < -0.4 is 5.73 Å². The number of nitrogen functional groups attached to an aromatic ring is 1. The van der Waals surface area contributed by atoms with E-state index in [1.165, 1.54) is 0 Å². The van der Waals surface area contributed by atoms with Gasteiger partial charge in [0.25, 0.3) is 0 Å². The molecule has 2 aromatic carbocycles. The molecule has 0 aliphatic carbocycles. The van der Waals surface area contributed by atoms with E-state index in [9.17, 15) is 5.11 Å². The number of anilines is 1. The first-order valence-corrected chi connectivity index (χ1v) is 5.77. The minimum Gasteiger partial charge on any atom is -0.398 e. The summed E-state index contributed by atoms with van der Waals surface area (Å²) in [4.78, 5) is 0. The number of hydrogen-bond acceptors (Lipinski definition) is 2. The lowest BCUT2D eigenvalue weighted by molar-refractivity contribution is 0.152. The molecular weight excluding hydrogens is 210 g/mol. The summed E-state index contributed by atoms with van der Waals surface area (Å²) >= 11 is 0. The van der Waals surface area contributed by atoms with Crippen molar-refractivity contribution >= 4 is 5.69 Å². The molecular formula is C15H17NO. The van der Waals surface area contributed by atoms with Gasteiger partial charge in [-0.3, -0.25) is 0 Å². The molecule has 2 heteroatoms. The van der Waals surface area contributed by atoms with Crippen LogP contribution in [-0.2, 0) is 0 Å². The zero-order chi connectivity index (χ0) is 12.3. The Morgan fingerprint density at radius 2 is 1.53 bits per heavy atom. The van der Waals surface area contributed by atoms with Crippen LogP contribution in [0.25, 0.3) is 0 Å². The molecule has 0 saturated heterocycles. The van der Waals surface area contributed by atoms with Gasteiger partial charge in [0.05, 0.1) is 6.10 Å². The summed E-state index contributed by atoms with van der Waals surface area (Å²) in [5.41, 5.74) is 8.57. The third-order valence-corrected chi connectivity index (χ3v) is 3.10. The van der Waals surface area contributed by atoms with Crippen molar-refractivity contribution in [3.8, 4) is 0 Å². The number of aliphatic hydroxyl groups is 1. The summed E-state index contributed by atoms with van der Waals surface area (Å²) in [5.74, 6) is -0.0152. The van der Waals surface area contributed by atoms with Gasteiger partial charge < -0.3 is 10.8 Å². The molecule has 17 heavy (non-hydrogen) atoms. The maximum atomic E-state index is 10.3. The van der Waals surface area contributed by atoms with Gasteiger partial charge in [-0.05, 0) is 17.2 Å². The maximum absolute atomic E-state index is 10.3. The Kier molecular flexibility index (Phi) is 3.45. The van der Waals surface area contributed by atoms with Crippen molar-refractivity contribution in [3.63, 3.8) is 0 Å². The summed E-state index contributed by atoms with van der Waals surface area (Å²) in [6.07, 6.45) is -0.527. The van der Waals surface area contributed by atoms with Gasteiger partial charge >= 0.3 is 0 Å². The van der Waals surface area contributed by atoms with Crippen LogP contribution in [0.15, 0.2) is 54.6 Å². The third kappa shape index (κ3) is 2.48. The molecule has 0 aromatic heterocycles. The van der Waals surface area contributed by atoms with Gasteiger partial charge in [0.2, 0.25) is 0 Å². The summed E-state index contributed by atoms with van der Waals surface area (Å²) in [7, 11) is 0. The lowest BCUT2D eigenvalue weighted by Gasteiger charge is -2.21. The molecule has 0 spiro atoms. The lowest BCUT2D eigenvalue weighted by atomic mass is 9.90. The second kappa shape index (κ2) is 5.02. The topological polar surface area (TPSA) is 46.2 Å². The molecule has 2 atom stereocenters. The van der Waals surface area contributed by atoms with Gasteiger partial charge in [-0.2, -0.15) is 0 Å². The fourth-order valence-electron chi connectivity index (χ4n) is 2.03. The van der Waals surface area contributed by atoms with E-state index in [-0.39, 0.29) is 5.92 Å². The molecule has 0 unspecified atom stereocenters. The van der Waals surface area contributed by atoms with E-state index < -0.39 is 6.10 Å². The summed E-state index contributed by atoms with van der Waals surface area (Å²) in [5, 5.41) is 10.3. The maximum Gasteiger partial charge on any atom is 0.0856 e. The second-order valence-corrected chi connectivity index (χ2v) is 4.27. The number of nitrogens with two attached hydrogens (primary N) is 1. The van der Waals surface area contributed by atoms with Gasteiger partial charge in [0.15, 0.2) is 0 Å². The SMILES string of the molecule is C[C@H](c1ccccc1N)[C@H](O)c1ccccc1. The predicted molar refractivity (Wildman–Crippen MR) is 70.7 cm³/mol. The van der Waals surface area contributed by atoms with Crippen molar-refractivity contribution in [1.29, 1.82) is 0 Å². The zero-order valence-corrected chi connectivity index (χ0v) is 9.88. The van der Waals surface area contributed by atoms with Gasteiger partial charge in [-0.25, -0.2) is 0 Å². The monoisotopic (exact) mass is 227 g/mol. The first-order chi connectivity index (χ1) is 8.20. The van der Waals surface area contributed by atoms with Crippen molar-refractivity contribution < 1.29 is 5.11 Å². The van der Waals surface area contributed by atoms with Gasteiger partial charge in [0, 0.05) is 11.6 Å². The van der Waals surface area contributed by atoms with Crippen LogP contribution in [0.1, 0.15) is 30.1 Å². The number of hydrogen-bond donors (Lipinski definition) is 2. The average molecular weight is 227 g/mol. The fraction of sp³-hybridized carbons (Fsp3) is 0.200. The van der Waals surface area contributed by atoms with E-state index in [2.05, 4.69) is 0 Å². The highest BCUT2D eigenvalue weighted by Gasteiger charge is 2.19. The van der Waals surface area contributed by atoms with E-state index in [0.29, 0.717) is 0 Å². The normalized spacial score (nSPS) is 14.2. The lowest BCUT2D eigenvalue weighted by Crippen LogP contribution is -2.09. The second-order valence-electron chi connectivity index (χ2n) is 4.27. The standard InChI is InChI=1S/C15H17NO/c1-11(13-9-5-6-10-14(13)16)15(17)12-7-3-2-4-8-12/h2-11,15,17H,16H2,1H3/t11-,15+/m1/s1. The molecule has 3 N–H and O–H groups in total. The van der Waals surface area contributed by atoms with E-state index in [1.807, 2.05) is 61.5 Å². The van der Waals surface area contributed by atoms with Crippen LogP contribution in [0.5, 0.6) is 0 Å². The Labute approximate surface area is 102 Å². The van der Waals surface area contributed by atoms with Gasteiger partial charge in [0.1, 0.15) is 0 Å². The van der Waals surface area contributed by atoms with Crippen LogP contribution in [0.4, 0.5) is 5.69 Å². The first kappa shape index (κ1) is 11.7. The Bertz CT molecular complexity index is 481. The van der Waals surface area contributed by atoms with Gasteiger partial charge in [-0.1, -0.05) is 55.5 Å². The summed E-state index contributed by atoms with van der Waals surface area (Å²) in [6.45, 7) is 1.99. The molecule has 0 aliphatic heterocycles. The molecule has 2 nitrogen and oxygen atoms in total. The largest absolute Gasteiger partial charge is 0.398 e. The van der Waals surface area contributed by atoms with Crippen LogP contribution in [-0.4, -0.2) is 5.11 Å². The predicted octanol–water partition coefficient (Wildman–Crippen LogP) is 3.11. The van der Waals surface area contributed by atoms with Crippen molar-refractivity contribution in [2.75, 3.05) is 5.73 Å². The highest BCUT2D eigenvalue weighted by Crippen LogP contribution is 2.33. The van der Waals surface area contributed by atoms with Crippen molar-refractivity contribution in [2.45, 2.75) is 18.9 Å². The number of benzene rings is 2. The molecule has 0 amide bonds. The molecule has 2 rings (SSSR count). The Balaban J connectivity index is 2.27. The highest BCUT2D eigenvalue weighted by molar-refractivity contribution is 5.49. The van der Waals surface area contributed by atoms with Gasteiger partial charge in [-0.15, -0.1) is 0 Å². The smallest absolute Gasteiger partial charge is 0.0856 e. The molecule has 2 aromatic rings. The van der Waals surface area contributed by atoms with E-state index >= 15 is 0 Å². The van der Waals surface area contributed by atoms with Crippen molar-refractivity contribution in [3.05, 3.63) is 65.7 Å². The summed E-state index contributed by atoms with van der Waals surface area (Å²) in [6, 6.07) is 17.3. The minimum atomic E-state index is -0.527. The Morgan fingerprint density at radius 1 is 0.941 bits per heavy atom. The molecule has 0 saturated carbocycles. The van der Waals surface area contributed by atoms with Crippen molar-refractivity contribution in [1.82, 2.24) is 0 Å². The van der Waals surface area contributed by atoms with Crippen LogP contribution in [0.3, 0.4) is 0 Å². The molecule has 0 aliphatic rings. The summed E-state index contributed by atoms with van der Waals surface area (Å²) < 4.78 is 0. The molecule has 0 fully saturated rings. The van der Waals surface area contributed by atoms with Crippen LogP contribution >= 0.6 is 0 Å². The Morgan fingerprint density at radius 3 is 2.18 bits per heavy atom. The molecule has 0 heterocycles. The third-order valence-electron chi connectivity index (χ3n) is 3.10. The van der Waals surface area contributed by atoms with Crippen LogP contribution in [0.2, 0.25) is 0 Å². The molecule has 0 radical (unpaired) electrons. The molecule has 88 valence electrons. The van der Waals surface area contributed by atoms with E-state index in [1.54, 1.807) is 0 Å².